The molecule has 2 aromatic carbocycles. The van der Waals surface area contributed by atoms with E-state index in [1.165, 1.54) is 0 Å². The van der Waals surface area contributed by atoms with Crippen molar-refractivity contribution in [3.05, 3.63) is 83.9 Å². The van der Waals surface area contributed by atoms with Gasteiger partial charge in [0.15, 0.2) is 5.82 Å². The van der Waals surface area contributed by atoms with Crippen molar-refractivity contribution in [2.75, 3.05) is 5.73 Å². The smallest absolute Gasteiger partial charge is 0.172 e. The zero-order chi connectivity index (χ0) is 18.6. The minimum absolute atomic E-state index is 0.310. The Morgan fingerprint density at radius 1 is 1.07 bits per heavy atom. The first kappa shape index (κ1) is 16.5. The Morgan fingerprint density at radius 3 is 2.67 bits per heavy atom. The molecule has 0 aliphatic heterocycles. The van der Waals surface area contributed by atoms with E-state index in [2.05, 4.69) is 21.1 Å². The Bertz CT molecular complexity index is 1170. The molecule has 6 nitrogen and oxygen atoms in total. The molecule has 4 rings (SSSR count). The predicted molar refractivity (Wildman–Crippen MR) is 105 cm³/mol. The van der Waals surface area contributed by atoms with Gasteiger partial charge in [-0.2, -0.15) is 10.4 Å². The number of anilines is 1. The third-order valence-electron chi connectivity index (χ3n) is 4.15. The van der Waals surface area contributed by atoms with Crippen LogP contribution in [0.3, 0.4) is 0 Å². The first-order valence-electron chi connectivity index (χ1n) is 8.44. The molecule has 0 saturated heterocycles. The number of fused-ring (bicyclic) bond motifs is 1. The van der Waals surface area contributed by atoms with Crippen molar-refractivity contribution < 1.29 is 0 Å². The van der Waals surface area contributed by atoms with Gasteiger partial charge in [0, 0.05) is 17.1 Å². The van der Waals surface area contributed by atoms with Gasteiger partial charge in [-0.05, 0) is 23.8 Å². The maximum absolute atomic E-state index is 9.58. The Balaban J connectivity index is 1.65. The quantitative estimate of drug-likeness (QED) is 0.567. The second kappa shape index (κ2) is 7.10. The number of nitrogens with two attached hydrogens (primary N) is 1. The molecule has 2 aromatic heterocycles. The monoisotopic (exact) mass is 352 g/mol. The summed E-state index contributed by atoms with van der Waals surface area (Å²) in [7, 11) is 0. The van der Waals surface area contributed by atoms with E-state index in [-0.39, 0.29) is 0 Å². The van der Waals surface area contributed by atoms with Crippen LogP contribution in [0, 0.1) is 11.3 Å². The van der Waals surface area contributed by atoms with Crippen molar-refractivity contribution in [1.82, 2.24) is 19.7 Å². The molecular weight excluding hydrogens is 336 g/mol. The molecule has 2 N–H and O–H groups in total. The van der Waals surface area contributed by atoms with Crippen LogP contribution in [0.15, 0.2) is 67.0 Å². The average Bonchev–Trinajstić information content (AvgIpc) is 3.14. The maximum atomic E-state index is 9.58. The molecule has 0 unspecified atom stereocenters. The number of allylic oxidation sites excluding steroid dienone is 1. The van der Waals surface area contributed by atoms with Crippen molar-refractivity contribution in [3.63, 3.8) is 0 Å². The number of nitrogen functional groups attached to an aromatic ring is 1. The lowest BCUT2D eigenvalue weighted by Crippen LogP contribution is -2.00. The van der Waals surface area contributed by atoms with Crippen LogP contribution in [0.1, 0.15) is 17.0 Å². The molecule has 2 heterocycles. The molecule has 0 atom stereocenters. The maximum Gasteiger partial charge on any atom is 0.172 e. The van der Waals surface area contributed by atoms with Crippen molar-refractivity contribution >= 4 is 28.4 Å². The number of benzene rings is 2. The number of nitriles is 1. The van der Waals surface area contributed by atoms with Gasteiger partial charge in [0.1, 0.15) is 11.9 Å². The van der Waals surface area contributed by atoms with E-state index >= 15 is 0 Å². The molecule has 130 valence electrons. The summed E-state index contributed by atoms with van der Waals surface area (Å²) in [6.07, 6.45) is 5.32. The Kier molecular flexibility index (Phi) is 4.33. The van der Waals surface area contributed by atoms with Crippen LogP contribution in [-0.4, -0.2) is 19.7 Å². The van der Waals surface area contributed by atoms with Gasteiger partial charge >= 0.3 is 0 Å². The van der Waals surface area contributed by atoms with E-state index in [0.717, 1.165) is 16.5 Å². The minimum atomic E-state index is 0.310. The van der Waals surface area contributed by atoms with E-state index in [4.69, 9.17) is 5.73 Å². The number of aromatic nitrogens is 4. The molecule has 27 heavy (non-hydrogen) atoms. The average molecular weight is 352 g/mol. The first-order valence-corrected chi connectivity index (χ1v) is 8.44. The summed E-state index contributed by atoms with van der Waals surface area (Å²) in [5.74, 6) is 0.668. The lowest BCUT2D eigenvalue weighted by atomic mass is 10.1. The molecular formula is C21H16N6. The fraction of sp³-hybridized carbons (Fsp3) is 0.0476. The predicted octanol–water partition coefficient (Wildman–Crippen LogP) is 3.52. The van der Waals surface area contributed by atoms with Gasteiger partial charge in [0.25, 0.3) is 0 Å². The summed E-state index contributed by atoms with van der Waals surface area (Å²) >= 11 is 0. The molecule has 0 saturated carbocycles. The van der Waals surface area contributed by atoms with Gasteiger partial charge in [-0.15, -0.1) is 0 Å². The van der Waals surface area contributed by atoms with Crippen LogP contribution in [0.4, 0.5) is 5.82 Å². The lowest BCUT2D eigenvalue weighted by molar-refractivity contribution is 0.687. The highest BCUT2D eigenvalue weighted by atomic mass is 15.3. The van der Waals surface area contributed by atoms with Gasteiger partial charge < -0.3 is 5.73 Å². The van der Waals surface area contributed by atoms with E-state index < -0.39 is 0 Å². The molecule has 0 spiro atoms. The zero-order valence-corrected chi connectivity index (χ0v) is 14.4. The minimum Gasteiger partial charge on any atom is -0.383 e. The van der Waals surface area contributed by atoms with E-state index in [1.54, 1.807) is 12.3 Å². The highest BCUT2D eigenvalue weighted by Gasteiger charge is 2.10. The molecule has 0 fully saturated rings. The first-order chi connectivity index (χ1) is 13.2. The summed E-state index contributed by atoms with van der Waals surface area (Å²) < 4.78 is 1.83. The number of para-hydroxylation sites is 1. The van der Waals surface area contributed by atoms with Gasteiger partial charge in [-0.3, -0.25) is 4.68 Å². The van der Waals surface area contributed by atoms with Crippen molar-refractivity contribution in [2.24, 2.45) is 0 Å². The van der Waals surface area contributed by atoms with Gasteiger partial charge in [0.05, 0.1) is 23.8 Å². The molecule has 0 bridgehead atoms. The standard InChI is InChI=1S/C21H16N6/c22-11-17(21-25-19-9-5-4-8-18(19)20(23)26-21)10-16-12-24-27(14-16)13-15-6-2-1-3-7-15/h1-10,12,14H,13H2,(H2,23,25,26)/b17-10+. The second-order valence-electron chi connectivity index (χ2n) is 6.08. The lowest BCUT2D eigenvalue weighted by Gasteiger charge is -2.04. The number of rotatable bonds is 4. The summed E-state index contributed by atoms with van der Waals surface area (Å²) in [6.45, 7) is 0.663. The summed E-state index contributed by atoms with van der Waals surface area (Å²) in [6, 6.07) is 19.7. The molecule has 6 heteroatoms. The fourth-order valence-corrected chi connectivity index (χ4v) is 2.85. The van der Waals surface area contributed by atoms with Crippen molar-refractivity contribution in [3.8, 4) is 6.07 Å². The van der Waals surface area contributed by atoms with Crippen LogP contribution in [0.5, 0.6) is 0 Å². The van der Waals surface area contributed by atoms with Crippen molar-refractivity contribution in [2.45, 2.75) is 6.54 Å². The third kappa shape index (κ3) is 3.53. The summed E-state index contributed by atoms with van der Waals surface area (Å²) in [4.78, 5) is 8.76. The SMILES string of the molecule is N#C/C(=C\c1cnn(Cc2ccccc2)c1)c1nc(N)c2ccccc2n1. The topological polar surface area (TPSA) is 93.4 Å². The van der Waals surface area contributed by atoms with E-state index in [0.29, 0.717) is 29.3 Å². The Hall–Kier alpha value is -3.98. The molecule has 0 radical (unpaired) electrons. The second-order valence-corrected chi connectivity index (χ2v) is 6.08. The van der Waals surface area contributed by atoms with Gasteiger partial charge in [-0.1, -0.05) is 42.5 Å². The van der Waals surface area contributed by atoms with E-state index in [9.17, 15) is 5.26 Å². The van der Waals surface area contributed by atoms with Gasteiger partial charge in [0.2, 0.25) is 0 Å². The summed E-state index contributed by atoms with van der Waals surface area (Å²) in [5, 5.41) is 14.7. The van der Waals surface area contributed by atoms with Crippen LogP contribution < -0.4 is 5.73 Å². The van der Waals surface area contributed by atoms with Gasteiger partial charge in [-0.25, -0.2) is 9.97 Å². The normalized spacial score (nSPS) is 11.4. The van der Waals surface area contributed by atoms with Crippen LogP contribution in [0.2, 0.25) is 0 Å². The molecule has 0 amide bonds. The number of hydrogen-bond acceptors (Lipinski definition) is 5. The fourth-order valence-electron chi connectivity index (χ4n) is 2.85. The third-order valence-corrected chi connectivity index (χ3v) is 4.15. The van der Waals surface area contributed by atoms with Crippen LogP contribution >= 0.6 is 0 Å². The number of hydrogen-bond donors (Lipinski definition) is 1. The van der Waals surface area contributed by atoms with E-state index in [1.807, 2.05) is 65.5 Å². The molecule has 0 aliphatic rings. The molecule has 4 aromatic rings. The molecule has 0 aliphatic carbocycles. The zero-order valence-electron chi connectivity index (χ0n) is 14.4. The highest BCUT2D eigenvalue weighted by Crippen LogP contribution is 2.21. The summed E-state index contributed by atoms with van der Waals surface area (Å²) in [5.41, 5.74) is 9.04. The van der Waals surface area contributed by atoms with Crippen LogP contribution in [-0.2, 0) is 6.54 Å². The van der Waals surface area contributed by atoms with Crippen LogP contribution in [0.25, 0.3) is 22.6 Å². The largest absolute Gasteiger partial charge is 0.383 e. The Labute approximate surface area is 156 Å². The van der Waals surface area contributed by atoms with Crippen molar-refractivity contribution in [1.29, 1.82) is 5.26 Å². The highest BCUT2D eigenvalue weighted by molar-refractivity contribution is 5.92. The number of nitrogens with zero attached hydrogens (tertiary/aromatic N) is 5. The Morgan fingerprint density at radius 2 is 1.85 bits per heavy atom.